The van der Waals surface area contributed by atoms with Gasteiger partial charge in [0, 0.05) is 16.6 Å². The molecule has 0 aliphatic heterocycles. The summed E-state index contributed by atoms with van der Waals surface area (Å²) in [5.41, 5.74) is 3.48. The number of rotatable bonds is 10. The van der Waals surface area contributed by atoms with Crippen LogP contribution in [0.15, 0.2) is 65.0 Å². The van der Waals surface area contributed by atoms with Crippen molar-refractivity contribution in [1.82, 2.24) is 9.55 Å². The van der Waals surface area contributed by atoms with E-state index in [1.165, 1.54) is 27.8 Å². The fourth-order valence-corrected chi connectivity index (χ4v) is 4.64. The molecule has 1 amide bonds. The van der Waals surface area contributed by atoms with Crippen LogP contribution in [-0.4, -0.2) is 22.1 Å². The number of benzene rings is 2. The van der Waals surface area contributed by atoms with Gasteiger partial charge in [-0.15, -0.1) is 11.3 Å². The zero-order chi connectivity index (χ0) is 23.9. The van der Waals surface area contributed by atoms with Crippen LogP contribution in [0.4, 0.5) is 5.69 Å². The minimum absolute atomic E-state index is 0.0988. The van der Waals surface area contributed by atoms with Gasteiger partial charge in [0.15, 0.2) is 0 Å². The summed E-state index contributed by atoms with van der Waals surface area (Å²) in [7, 11) is 0. The van der Waals surface area contributed by atoms with Crippen LogP contribution in [0.1, 0.15) is 38.7 Å². The number of thiophene rings is 1. The Balaban J connectivity index is 1.51. The maximum atomic E-state index is 13.2. The predicted octanol–water partition coefficient (Wildman–Crippen LogP) is 5.90. The van der Waals surface area contributed by atoms with E-state index in [-0.39, 0.29) is 18.0 Å². The second-order valence-electron chi connectivity index (χ2n) is 8.23. The van der Waals surface area contributed by atoms with Gasteiger partial charge in [0.05, 0.1) is 18.3 Å². The van der Waals surface area contributed by atoms with E-state index in [1.807, 2.05) is 53.9 Å². The number of carbonyl (C=O) groups is 1. The van der Waals surface area contributed by atoms with Crippen molar-refractivity contribution < 1.29 is 9.53 Å². The molecule has 0 aliphatic carbocycles. The van der Waals surface area contributed by atoms with E-state index < -0.39 is 0 Å². The summed E-state index contributed by atoms with van der Waals surface area (Å²) in [5, 5.41) is 5.34. The Morgan fingerprint density at radius 1 is 1.06 bits per heavy atom. The molecule has 0 fully saturated rings. The number of nitrogens with one attached hydrogen (secondary N) is 1. The SMILES string of the molecule is CCCCc1ccc(NC(=O)Cn2cnc3scc(-c4ccc(OCCC)cc4)c3c2=O)cc1. The van der Waals surface area contributed by atoms with Gasteiger partial charge in [-0.25, -0.2) is 4.98 Å². The molecule has 1 N–H and O–H groups in total. The van der Waals surface area contributed by atoms with Gasteiger partial charge in [-0.05, 0) is 54.7 Å². The van der Waals surface area contributed by atoms with Crippen LogP contribution in [0.3, 0.4) is 0 Å². The van der Waals surface area contributed by atoms with Crippen LogP contribution in [-0.2, 0) is 17.8 Å². The van der Waals surface area contributed by atoms with Gasteiger partial charge < -0.3 is 10.1 Å². The minimum Gasteiger partial charge on any atom is -0.494 e. The quantitative estimate of drug-likeness (QED) is 0.310. The lowest BCUT2D eigenvalue weighted by Gasteiger charge is -2.09. The molecule has 2 aromatic carbocycles. The predicted molar refractivity (Wildman–Crippen MR) is 139 cm³/mol. The van der Waals surface area contributed by atoms with Gasteiger partial charge in [0.2, 0.25) is 5.91 Å². The Morgan fingerprint density at radius 2 is 1.82 bits per heavy atom. The second kappa shape index (κ2) is 11.1. The molecule has 0 saturated heterocycles. The van der Waals surface area contributed by atoms with E-state index in [0.717, 1.165) is 42.6 Å². The highest BCUT2D eigenvalue weighted by Gasteiger charge is 2.15. The van der Waals surface area contributed by atoms with Crippen molar-refractivity contribution in [3.8, 4) is 16.9 Å². The lowest BCUT2D eigenvalue weighted by Crippen LogP contribution is -2.27. The largest absolute Gasteiger partial charge is 0.494 e. The highest BCUT2D eigenvalue weighted by molar-refractivity contribution is 7.17. The van der Waals surface area contributed by atoms with Gasteiger partial charge in [-0.1, -0.05) is 44.5 Å². The van der Waals surface area contributed by atoms with Crippen molar-refractivity contribution in [2.45, 2.75) is 46.1 Å². The monoisotopic (exact) mass is 475 g/mol. The van der Waals surface area contributed by atoms with Crippen molar-refractivity contribution in [2.75, 3.05) is 11.9 Å². The van der Waals surface area contributed by atoms with Crippen molar-refractivity contribution in [2.24, 2.45) is 0 Å². The maximum Gasteiger partial charge on any atom is 0.263 e. The molecule has 2 aromatic heterocycles. The van der Waals surface area contributed by atoms with Gasteiger partial charge in [0.1, 0.15) is 17.1 Å². The first-order valence-electron chi connectivity index (χ1n) is 11.7. The number of carbonyl (C=O) groups excluding carboxylic acids is 1. The lowest BCUT2D eigenvalue weighted by molar-refractivity contribution is -0.116. The van der Waals surface area contributed by atoms with Crippen LogP contribution in [0.2, 0.25) is 0 Å². The third-order valence-electron chi connectivity index (χ3n) is 5.57. The van der Waals surface area contributed by atoms with Gasteiger partial charge in [-0.2, -0.15) is 0 Å². The Kier molecular flexibility index (Phi) is 7.75. The fraction of sp³-hybridized carbons (Fsp3) is 0.296. The number of hydrogen-bond donors (Lipinski definition) is 1. The summed E-state index contributed by atoms with van der Waals surface area (Å²) in [6.07, 6.45) is 5.71. The van der Waals surface area contributed by atoms with E-state index >= 15 is 0 Å². The van der Waals surface area contributed by atoms with Crippen LogP contribution >= 0.6 is 11.3 Å². The second-order valence-corrected chi connectivity index (χ2v) is 9.09. The molecule has 2 heterocycles. The number of hydrogen-bond acceptors (Lipinski definition) is 5. The summed E-state index contributed by atoms with van der Waals surface area (Å²) in [6.45, 7) is 4.80. The molecule has 4 rings (SSSR count). The molecule has 0 atom stereocenters. The third-order valence-corrected chi connectivity index (χ3v) is 6.46. The van der Waals surface area contributed by atoms with E-state index in [9.17, 15) is 9.59 Å². The average Bonchev–Trinajstić information content (AvgIpc) is 3.29. The smallest absolute Gasteiger partial charge is 0.263 e. The third kappa shape index (κ3) is 5.54. The summed E-state index contributed by atoms with van der Waals surface area (Å²) in [4.78, 5) is 31.0. The highest BCUT2D eigenvalue weighted by Crippen LogP contribution is 2.31. The maximum absolute atomic E-state index is 13.2. The van der Waals surface area contributed by atoms with E-state index in [4.69, 9.17) is 4.74 Å². The molecule has 34 heavy (non-hydrogen) atoms. The van der Waals surface area contributed by atoms with Crippen LogP contribution in [0.25, 0.3) is 21.3 Å². The first-order chi connectivity index (χ1) is 16.6. The molecule has 0 radical (unpaired) electrons. The normalized spacial score (nSPS) is 11.0. The molecule has 6 nitrogen and oxygen atoms in total. The number of fused-ring (bicyclic) bond motifs is 1. The van der Waals surface area contributed by atoms with Gasteiger partial charge >= 0.3 is 0 Å². The first kappa shape index (κ1) is 23.7. The first-order valence-corrected chi connectivity index (χ1v) is 12.6. The molecule has 0 saturated carbocycles. The zero-order valence-corrected chi connectivity index (χ0v) is 20.4. The number of aromatic nitrogens is 2. The van der Waals surface area contributed by atoms with Crippen LogP contribution in [0, 0.1) is 0 Å². The molecule has 0 aliphatic rings. The average molecular weight is 476 g/mol. The van der Waals surface area contributed by atoms with Crippen molar-refractivity contribution in [3.05, 3.63) is 76.2 Å². The van der Waals surface area contributed by atoms with E-state index in [0.29, 0.717) is 22.5 Å². The van der Waals surface area contributed by atoms with Crippen molar-refractivity contribution >= 4 is 33.1 Å². The number of nitrogens with zero attached hydrogens (tertiary/aromatic N) is 2. The minimum atomic E-state index is -0.265. The molecule has 7 heteroatoms. The van der Waals surface area contributed by atoms with E-state index in [2.05, 4.69) is 24.1 Å². The Labute approximate surface area is 203 Å². The van der Waals surface area contributed by atoms with Crippen LogP contribution < -0.4 is 15.6 Å². The number of anilines is 1. The molecule has 0 unspecified atom stereocenters. The number of aryl methyl sites for hydroxylation is 1. The van der Waals surface area contributed by atoms with E-state index in [1.54, 1.807) is 0 Å². The Hall–Kier alpha value is -3.45. The van der Waals surface area contributed by atoms with Gasteiger partial charge in [-0.3, -0.25) is 14.2 Å². The molecule has 4 aromatic rings. The molecular formula is C27H29N3O3S. The summed E-state index contributed by atoms with van der Waals surface area (Å²) < 4.78 is 7.02. The van der Waals surface area contributed by atoms with Crippen LogP contribution in [0.5, 0.6) is 5.75 Å². The molecule has 0 spiro atoms. The molecular weight excluding hydrogens is 446 g/mol. The van der Waals surface area contributed by atoms with Crippen molar-refractivity contribution in [3.63, 3.8) is 0 Å². The highest BCUT2D eigenvalue weighted by atomic mass is 32.1. The standard InChI is InChI=1S/C27H29N3O3S/c1-3-5-6-19-7-11-21(12-8-19)29-24(31)16-30-18-28-26-25(27(30)32)23(17-34-26)20-9-13-22(14-10-20)33-15-4-2/h7-14,17-18H,3-6,15-16H2,1-2H3,(H,29,31). The number of unbranched alkanes of at least 4 members (excludes halogenated alkanes) is 1. The number of ether oxygens (including phenoxy) is 1. The lowest BCUT2D eigenvalue weighted by atomic mass is 10.1. The molecule has 176 valence electrons. The zero-order valence-electron chi connectivity index (χ0n) is 19.5. The van der Waals surface area contributed by atoms with Crippen molar-refractivity contribution in [1.29, 1.82) is 0 Å². The Bertz CT molecular complexity index is 1310. The van der Waals surface area contributed by atoms with Gasteiger partial charge in [0.25, 0.3) is 5.56 Å². The number of amides is 1. The molecule has 0 bridgehead atoms. The topological polar surface area (TPSA) is 73.2 Å². The summed E-state index contributed by atoms with van der Waals surface area (Å²) in [6, 6.07) is 15.6. The Morgan fingerprint density at radius 3 is 2.53 bits per heavy atom. The summed E-state index contributed by atoms with van der Waals surface area (Å²) >= 11 is 1.42. The summed E-state index contributed by atoms with van der Waals surface area (Å²) in [5.74, 6) is 0.537. The fourth-order valence-electron chi connectivity index (χ4n) is 3.73.